The molecule has 1 aromatic rings. The Bertz CT molecular complexity index is 432. The zero-order chi connectivity index (χ0) is 13.7. The minimum absolute atomic E-state index is 0.0336. The summed E-state index contributed by atoms with van der Waals surface area (Å²) in [7, 11) is 1.62. The Balaban J connectivity index is 2.18. The molecule has 19 heavy (non-hydrogen) atoms. The Morgan fingerprint density at radius 1 is 1.16 bits per heavy atom. The van der Waals surface area contributed by atoms with E-state index in [1.54, 1.807) is 26.2 Å². The normalized spacial score (nSPS) is 16.7. The fraction of sp³-hybridized carbons (Fsp3) is 0.562. The number of Topliss-reactive ketones (excluding diaryl/α,β-unsaturated/α-hetero) is 1. The molecule has 1 aromatic carbocycles. The molecule has 1 aliphatic carbocycles. The van der Waals surface area contributed by atoms with Crippen molar-refractivity contribution < 1.29 is 14.3 Å². The lowest BCUT2D eigenvalue weighted by Gasteiger charge is -2.19. The minimum atomic E-state index is 0.0336. The van der Waals surface area contributed by atoms with Gasteiger partial charge in [0.25, 0.3) is 0 Å². The van der Waals surface area contributed by atoms with E-state index in [-0.39, 0.29) is 11.9 Å². The van der Waals surface area contributed by atoms with Crippen LogP contribution < -0.4 is 9.47 Å². The Labute approximate surface area is 114 Å². The molecule has 0 radical (unpaired) electrons. The fourth-order valence-electron chi connectivity index (χ4n) is 2.56. The Kier molecular flexibility index (Phi) is 4.83. The lowest BCUT2D eigenvalue weighted by atomic mass is 10.1. The van der Waals surface area contributed by atoms with E-state index in [1.807, 2.05) is 6.07 Å². The van der Waals surface area contributed by atoms with Gasteiger partial charge in [-0.25, -0.2) is 0 Å². The number of benzene rings is 1. The van der Waals surface area contributed by atoms with Crippen LogP contribution in [0.4, 0.5) is 0 Å². The van der Waals surface area contributed by atoms with Gasteiger partial charge in [0.15, 0.2) is 5.78 Å². The van der Waals surface area contributed by atoms with E-state index in [1.165, 1.54) is 25.7 Å². The highest BCUT2D eigenvalue weighted by molar-refractivity contribution is 5.97. The first-order valence-corrected chi connectivity index (χ1v) is 7.06. The fourth-order valence-corrected chi connectivity index (χ4v) is 2.56. The SMILES string of the molecule is COc1ccc(C(C)=O)c(OC2CCCCCC2)c1. The molecule has 0 aromatic heterocycles. The molecule has 3 heteroatoms. The molecule has 0 N–H and O–H groups in total. The second-order valence-corrected chi connectivity index (χ2v) is 5.15. The average molecular weight is 262 g/mol. The maximum Gasteiger partial charge on any atom is 0.163 e. The van der Waals surface area contributed by atoms with Crippen LogP contribution in [0.1, 0.15) is 55.8 Å². The quantitative estimate of drug-likeness (QED) is 0.607. The molecule has 104 valence electrons. The molecule has 1 fully saturated rings. The maximum absolute atomic E-state index is 11.7. The van der Waals surface area contributed by atoms with Gasteiger partial charge in [0.1, 0.15) is 11.5 Å². The second-order valence-electron chi connectivity index (χ2n) is 5.15. The molecule has 2 rings (SSSR count). The van der Waals surface area contributed by atoms with Gasteiger partial charge in [0.2, 0.25) is 0 Å². The lowest BCUT2D eigenvalue weighted by Crippen LogP contribution is -2.16. The molecule has 0 spiro atoms. The zero-order valence-corrected chi connectivity index (χ0v) is 11.8. The van der Waals surface area contributed by atoms with Crippen molar-refractivity contribution in [2.45, 2.75) is 51.6 Å². The molecule has 0 unspecified atom stereocenters. The van der Waals surface area contributed by atoms with E-state index in [0.29, 0.717) is 11.3 Å². The smallest absolute Gasteiger partial charge is 0.163 e. The summed E-state index contributed by atoms with van der Waals surface area (Å²) in [5, 5.41) is 0. The van der Waals surface area contributed by atoms with Crippen LogP contribution in [0.5, 0.6) is 11.5 Å². The van der Waals surface area contributed by atoms with Crippen molar-refractivity contribution in [3.63, 3.8) is 0 Å². The average Bonchev–Trinajstić information content (AvgIpc) is 2.67. The van der Waals surface area contributed by atoms with Gasteiger partial charge >= 0.3 is 0 Å². The summed E-state index contributed by atoms with van der Waals surface area (Å²) in [5.41, 5.74) is 0.644. The number of carbonyl (C=O) groups is 1. The summed E-state index contributed by atoms with van der Waals surface area (Å²) in [6.45, 7) is 1.57. The monoisotopic (exact) mass is 262 g/mol. The van der Waals surface area contributed by atoms with Crippen LogP contribution >= 0.6 is 0 Å². The summed E-state index contributed by atoms with van der Waals surface area (Å²) in [4.78, 5) is 11.7. The molecular weight excluding hydrogens is 240 g/mol. The predicted octanol–water partition coefficient (Wildman–Crippen LogP) is 4.00. The van der Waals surface area contributed by atoms with Crippen LogP contribution in [0.2, 0.25) is 0 Å². The Hall–Kier alpha value is -1.51. The second kappa shape index (κ2) is 6.60. The number of rotatable bonds is 4. The molecule has 0 saturated heterocycles. The zero-order valence-electron chi connectivity index (χ0n) is 11.8. The van der Waals surface area contributed by atoms with Gasteiger partial charge in [0, 0.05) is 6.07 Å². The van der Waals surface area contributed by atoms with Crippen molar-refractivity contribution in [1.82, 2.24) is 0 Å². The van der Waals surface area contributed by atoms with E-state index in [2.05, 4.69) is 0 Å². The van der Waals surface area contributed by atoms with E-state index in [0.717, 1.165) is 18.6 Å². The number of methoxy groups -OCH3 is 1. The molecule has 0 heterocycles. The van der Waals surface area contributed by atoms with Crippen LogP contribution in [0, 0.1) is 0 Å². The van der Waals surface area contributed by atoms with Crippen molar-refractivity contribution in [1.29, 1.82) is 0 Å². The number of hydrogen-bond donors (Lipinski definition) is 0. The van der Waals surface area contributed by atoms with Crippen molar-refractivity contribution in [3.05, 3.63) is 23.8 Å². The van der Waals surface area contributed by atoms with Crippen LogP contribution in [0.3, 0.4) is 0 Å². The molecule has 0 atom stereocenters. The third kappa shape index (κ3) is 3.72. The molecular formula is C16H22O3. The van der Waals surface area contributed by atoms with Crippen molar-refractivity contribution in [3.8, 4) is 11.5 Å². The van der Waals surface area contributed by atoms with Gasteiger partial charge < -0.3 is 9.47 Å². The highest BCUT2D eigenvalue weighted by atomic mass is 16.5. The third-order valence-electron chi connectivity index (χ3n) is 3.66. The third-order valence-corrected chi connectivity index (χ3v) is 3.66. The van der Waals surface area contributed by atoms with E-state index < -0.39 is 0 Å². The molecule has 3 nitrogen and oxygen atoms in total. The number of hydrogen-bond acceptors (Lipinski definition) is 3. The molecule has 0 bridgehead atoms. The van der Waals surface area contributed by atoms with Crippen molar-refractivity contribution in [2.24, 2.45) is 0 Å². The number of ether oxygens (including phenoxy) is 2. The lowest BCUT2D eigenvalue weighted by molar-refractivity contribution is 0.100. The molecule has 1 saturated carbocycles. The van der Waals surface area contributed by atoms with Gasteiger partial charge in [-0.15, -0.1) is 0 Å². The van der Waals surface area contributed by atoms with Crippen LogP contribution in [-0.4, -0.2) is 19.0 Å². The standard InChI is InChI=1S/C16H22O3/c1-12(17)15-10-9-14(18-2)11-16(15)19-13-7-5-3-4-6-8-13/h9-11,13H,3-8H2,1-2H3. The first-order chi connectivity index (χ1) is 9.20. The maximum atomic E-state index is 11.7. The van der Waals surface area contributed by atoms with Crippen molar-refractivity contribution >= 4 is 5.78 Å². The molecule has 1 aliphatic rings. The summed E-state index contributed by atoms with van der Waals surface area (Å²) in [6, 6.07) is 5.41. The van der Waals surface area contributed by atoms with Gasteiger partial charge in [0.05, 0.1) is 18.8 Å². The largest absolute Gasteiger partial charge is 0.497 e. The Morgan fingerprint density at radius 3 is 2.42 bits per heavy atom. The van der Waals surface area contributed by atoms with Crippen LogP contribution in [0.25, 0.3) is 0 Å². The van der Waals surface area contributed by atoms with Gasteiger partial charge in [-0.1, -0.05) is 12.8 Å². The first-order valence-electron chi connectivity index (χ1n) is 7.06. The van der Waals surface area contributed by atoms with E-state index >= 15 is 0 Å². The first kappa shape index (κ1) is 13.9. The summed E-state index contributed by atoms with van der Waals surface area (Å²) < 4.78 is 11.3. The highest BCUT2D eigenvalue weighted by Crippen LogP contribution is 2.29. The van der Waals surface area contributed by atoms with E-state index in [4.69, 9.17) is 9.47 Å². The highest BCUT2D eigenvalue weighted by Gasteiger charge is 2.17. The van der Waals surface area contributed by atoms with Gasteiger partial charge in [-0.2, -0.15) is 0 Å². The summed E-state index contributed by atoms with van der Waals surface area (Å²) >= 11 is 0. The van der Waals surface area contributed by atoms with Crippen LogP contribution in [0.15, 0.2) is 18.2 Å². The summed E-state index contributed by atoms with van der Waals surface area (Å²) in [6.07, 6.45) is 7.39. The number of carbonyl (C=O) groups excluding carboxylic acids is 1. The minimum Gasteiger partial charge on any atom is -0.497 e. The molecule has 0 amide bonds. The number of ketones is 1. The topological polar surface area (TPSA) is 35.5 Å². The summed E-state index contributed by atoms with van der Waals surface area (Å²) in [5.74, 6) is 1.43. The van der Waals surface area contributed by atoms with Crippen LogP contribution in [-0.2, 0) is 0 Å². The Morgan fingerprint density at radius 2 is 1.84 bits per heavy atom. The molecule has 0 aliphatic heterocycles. The van der Waals surface area contributed by atoms with Gasteiger partial charge in [-0.3, -0.25) is 4.79 Å². The van der Waals surface area contributed by atoms with E-state index in [9.17, 15) is 4.79 Å². The van der Waals surface area contributed by atoms with Gasteiger partial charge in [-0.05, 0) is 44.7 Å². The predicted molar refractivity (Wildman–Crippen MR) is 75.1 cm³/mol. The van der Waals surface area contributed by atoms with Crippen molar-refractivity contribution in [2.75, 3.05) is 7.11 Å².